The minimum absolute atomic E-state index is 0.140. The molecule has 2 heterocycles. The van der Waals surface area contributed by atoms with E-state index >= 15 is 0 Å². The van der Waals surface area contributed by atoms with Crippen LogP contribution < -0.4 is 5.32 Å². The second-order valence-electron chi connectivity index (χ2n) is 6.25. The number of amides is 1. The van der Waals surface area contributed by atoms with E-state index in [0.717, 1.165) is 32.0 Å². The summed E-state index contributed by atoms with van der Waals surface area (Å²) in [7, 11) is 2.05. The van der Waals surface area contributed by atoms with E-state index in [2.05, 4.69) is 27.0 Å². The van der Waals surface area contributed by atoms with Gasteiger partial charge in [0.2, 0.25) is 0 Å². The third kappa shape index (κ3) is 2.29. The molecule has 0 fully saturated rings. The highest BCUT2D eigenvalue weighted by molar-refractivity contribution is 7.22. The van der Waals surface area contributed by atoms with Gasteiger partial charge in [-0.15, -0.1) is 0 Å². The SMILES string of the molecule is Cn1c2ccccc2c2cc(C(=O)Nc3nc4ccccc4s3)ccc21. The van der Waals surface area contributed by atoms with Gasteiger partial charge < -0.3 is 4.57 Å². The van der Waals surface area contributed by atoms with Crippen LogP contribution in [0.5, 0.6) is 0 Å². The highest BCUT2D eigenvalue weighted by Gasteiger charge is 2.13. The second-order valence-corrected chi connectivity index (χ2v) is 7.28. The quantitative estimate of drug-likeness (QED) is 0.472. The average Bonchev–Trinajstić information content (AvgIpc) is 3.20. The maximum Gasteiger partial charge on any atom is 0.257 e. The van der Waals surface area contributed by atoms with Gasteiger partial charge in [0.15, 0.2) is 5.13 Å². The molecule has 5 aromatic rings. The molecule has 0 saturated heterocycles. The number of carbonyl (C=O) groups is 1. The van der Waals surface area contributed by atoms with E-state index in [9.17, 15) is 4.79 Å². The van der Waals surface area contributed by atoms with Gasteiger partial charge >= 0.3 is 0 Å². The fraction of sp³-hybridized carbons (Fsp3) is 0.0476. The summed E-state index contributed by atoms with van der Waals surface area (Å²) in [6.07, 6.45) is 0. The highest BCUT2D eigenvalue weighted by atomic mass is 32.1. The Hall–Kier alpha value is -3.18. The zero-order valence-electron chi connectivity index (χ0n) is 14.1. The Morgan fingerprint density at radius 1 is 0.962 bits per heavy atom. The Bertz CT molecular complexity index is 1270. The lowest BCUT2D eigenvalue weighted by Crippen LogP contribution is -2.11. The van der Waals surface area contributed by atoms with Gasteiger partial charge in [0.05, 0.1) is 10.2 Å². The summed E-state index contributed by atoms with van der Waals surface area (Å²) in [6, 6.07) is 21.9. The molecule has 0 aliphatic carbocycles. The first-order valence-corrected chi connectivity index (χ1v) is 9.16. The number of para-hydroxylation sites is 2. The van der Waals surface area contributed by atoms with E-state index in [1.807, 2.05) is 61.6 Å². The number of aromatic nitrogens is 2. The molecule has 5 rings (SSSR count). The van der Waals surface area contributed by atoms with Gasteiger partial charge in [0, 0.05) is 34.4 Å². The van der Waals surface area contributed by atoms with Crippen molar-refractivity contribution in [3.8, 4) is 0 Å². The minimum Gasteiger partial charge on any atom is -0.344 e. The zero-order chi connectivity index (χ0) is 17.7. The first kappa shape index (κ1) is 15.1. The van der Waals surface area contributed by atoms with Crippen LogP contribution in [0.25, 0.3) is 32.0 Å². The normalized spacial score (nSPS) is 11.4. The number of benzene rings is 3. The monoisotopic (exact) mass is 357 g/mol. The molecular formula is C21H15N3OS. The molecule has 2 aromatic heterocycles. The van der Waals surface area contributed by atoms with Gasteiger partial charge in [-0.2, -0.15) is 0 Å². The summed E-state index contributed by atoms with van der Waals surface area (Å²) in [5, 5.41) is 5.78. The van der Waals surface area contributed by atoms with E-state index in [1.54, 1.807) is 0 Å². The van der Waals surface area contributed by atoms with Crippen LogP contribution >= 0.6 is 11.3 Å². The molecule has 26 heavy (non-hydrogen) atoms. The maximum absolute atomic E-state index is 12.7. The van der Waals surface area contributed by atoms with Crippen LogP contribution in [0.1, 0.15) is 10.4 Å². The molecule has 0 atom stereocenters. The molecule has 0 radical (unpaired) electrons. The van der Waals surface area contributed by atoms with E-state index in [-0.39, 0.29) is 5.91 Å². The lowest BCUT2D eigenvalue weighted by atomic mass is 10.1. The van der Waals surface area contributed by atoms with E-state index in [0.29, 0.717) is 10.7 Å². The van der Waals surface area contributed by atoms with Crippen molar-refractivity contribution in [3.05, 3.63) is 72.3 Å². The van der Waals surface area contributed by atoms with E-state index in [4.69, 9.17) is 0 Å². The molecule has 0 aliphatic rings. The minimum atomic E-state index is -0.140. The molecule has 1 amide bonds. The molecule has 1 N–H and O–H groups in total. The number of hydrogen-bond acceptors (Lipinski definition) is 3. The van der Waals surface area contributed by atoms with Crippen molar-refractivity contribution in [2.24, 2.45) is 7.05 Å². The summed E-state index contributed by atoms with van der Waals surface area (Å²) in [5.41, 5.74) is 3.80. The fourth-order valence-electron chi connectivity index (χ4n) is 3.40. The predicted molar refractivity (Wildman–Crippen MR) is 108 cm³/mol. The van der Waals surface area contributed by atoms with Crippen molar-refractivity contribution < 1.29 is 4.79 Å². The summed E-state index contributed by atoms with van der Waals surface area (Å²) in [4.78, 5) is 17.2. The summed E-state index contributed by atoms with van der Waals surface area (Å²) in [6.45, 7) is 0. The zero-order valence-corrected chi connectivity index (χ0v) is 14.9. The predicted octanol–water partition coefficient (Wildman–Crippen LogP) is 5.19. The number of thiazole rings is 1. The van der Waals surface area contributed by atoms with E-state index in [1.165, 1.54) is 11.3 Å². The number of rotatable bonds is 2. The summed E-state index contributed by atoms with van der Waals surface area (Å²) >= 11 is 1.48. The van der Waals surface area contributed by atoms with Crippen molar-refractivity contribution in [2.45, 2.75) is 0 Å². The molecule has 0 spiro atoms. The van der Waals surface area contributed by atoms with Crippen LogP contribution in [0.2, 0.25) is 0 Å². The van der Waals surface area contributed by atoms with Gasteiger partial charge in [0.1, 0.15) is 0 Å². The number of nitrogens with one attached hydrogen (secondary N) is 1. The number of hydrogen-bond donors (Lipinski definition) is 1. The number of anilines is 1. The van der Waals surface area contributed by atoms with Crippen molar-refractivity contribution in [2.75, 3.05) is 5.32 Å². The number of aryl methyl sites for hydroxylation is 1. The Labute approximate surface area is 153 Å². The molecule has 0 aliphatic heterocycles. The van der Waals surface area contributed by atoms with Crippen LogP contribution in [0.15, 0.2) is 66.7 Å². The Morgan fingerprint density at radius 2 is 1.73 bits per heavy atom. The molecular weight excluding hydrogens is 342 g/mol. The Morgan fingerprint density at radius 3 is 2.62 bits per heavy atom. The van der Waals surface area contributed by atoms with Crippen LogP contribution in [0.3, 0.4) is 0 Å². The molecule has 3 aromatic carbocycles. The number of fused-ring (bicyclic) bond motifs is 4. The largest absolute Gasteiger partial charge is 0.344 e. The van der Waals surface area contributed by atoms with Crippen molar-refractivity contribution in [3.63, 3.8) is 0 Å². The highest BCUT2D eigenvalue weighted by Crippen LogP contribution is 2.29. The summed E-state index contributed by atoms with van der Waals surface area (Å²) in [5.74, 6) is -0.140. The summed E-state index contributed by atoms with van der Waals surface area (Å²) < 4.78 is 3.21. The van der Waals surface area contributed by atoms with Crippen molar-refractivity contribution >= 4 is 54.4 Å². The lowest BCUT2D eigenvalue weighted by Gasteiger charge is -2.03. The van der Waals surface area contributed by atoms with Gasteiger partial charge in [-0.05, 0) is 36.4 Å². The lowest BCUT2D eigenvalue weighted by molar-refractivity contribution is 0.102. The molecule has 4 nitrogen and oxygen atoms in total. The second kappa shape index (κ2) is 5.68. The topological polar surface area (TPSA) is 46.9 Å². The Kier molecular flexibility index (Phi) is 3.30. The molecule has 0 saturated carbocycles. The third-order valence-corrected chi connectivity index (χ3v) is 5.64. The smallest absolute Gasteiger partial charge is 0.257 e. The average molecular weight is 357 g/mol. The molecule has 0 unspecified atom stereocenters. The van der Waals surface area contributed by atoms with Gasteiger partial charge in [-0.3, -0.25) is 10.1 Å². The standard InChI is InChI=1S/C21H15N3OS/c1-24-17-8-4-2-6-14(17)15-12-13(10-11-18(15)24)20(25)23-21-22-16-7-3-5-9-19(16)26-21/h2-12H,1H3,(H,22,23,25). The Balaban J connectivity index is 1.55. The molecule has 126 valence electrons. The van der Waals surface area contributed by atoms with Crippen molar-refractivity contribution in [1.29, 1.82) is 0 Å². The molecule has 0 bridgehead atoms. The van der Waals surface area contributed by atoms with E-state index < -0.39 is 0 Å². The van der Waals surface area contributed by atoms with Crippen LogP contribution in [0.4, 0.5) is 5.13 Å². The first-order chi connectivity index (χ1) is 12.7. The number of carbonyl (C=O) groups excluding carboxylic acids is 1. The van der Waals surface area contributed by atoms with Crippen LogP contribution in [-0.2, 0) is 7.05 Å². The fourth-order valence-corrected chi connectivity index (χ4v) is 4.26. The van der Waals surface area contributed by atoms with Gasteiger partial charge in [-0.1, -0.05) is 41.7 Å². The van der Waals surface area contributed by atoms with Crippen LogP contribution in [0, 0.1) is 0 Å². The van der Waals surface area contributed by atoms with Gasteiger partial charge in [-0.25, -0.2) is 4.98 Å². The van der Waals surface area contributed by atoms with Crippen LogP contribution in [-0.4, -0.2) is 15.5 Å². The molecule has 5 heteroatoms. The first-order valence-electron chi connectivity index (χ1n) is 8.35. The van der Waals surface area contributed by atoms with Gasteiger partial charge in [0.25, 0.3) is 5.91 Å². The van der Waals surface area contributed by atoms with Crippen molar-refractivity contribution in [1.82, 2.24) is 9.55 Å². The third-order valence-electron chi connectivity index (χ3n) is 4.69. The number of nitrogens with zero attached hydrogens (tertiary/aromatic N) is 2. The maximum atomic E-state index is 12.7.